The second kappa shape index (κ2) is 6.32. The molecule has 1 unspecified atom stereocenters. The molecule has 1 saturated carbocycles. The standard InChI is InChI=1S/C16H20N2O3S/c19-15(12-4-1-2-5-12)11-18-22(20,21)16-7-3-6-13-10-17-9-8-14(13)16/h3,6-10,12,15,18-19H,1-2,4-5,11H2. The lowest BCUT2D eigenvalue weighted by Gasteiger charge is -2.18. The molecule has 118 valence electrons. The van der Waals surface area contributed by atoms with Gasteiger partial charge in [-0.2, -0.15) is 0 Å². The normalized spacial score (nSPS) is 17.9. The lowest BCUT2D eigenvalue weighted by Crippen LogP contribution is -2.35. The molecule has 2 aromatic rings. The van der Waals surface area contributed by atoms with Gasteiger partial charge in [0.25, 0.3) is 0 Å². The van der Waals surface area contributed by atoms with Crippen LogP contribution in [0.5, 0.6) is 0 Å². The average Bonchev–Trinajstić information content (AvgIpc) is 3.06. The molecule has 0 bridgehead atoms. The van der Waals surface area contributed by atoms with Gasteiger partial charge in [0.15, 0.2) is 0 Å². The molecule has 1 aliphatic carbocycles. The molecule has 1 aliphatic rings. The number of nitrogens with one attached hydrogen (secondary N) is 1. The lowest BCUT2D eigenvalue weighted by molar-refractivity contribution is 0.115. The van der Waals surface area contributed by atoms with Gasteiger partial charge < -0.3 is 5.11 Å². The van der Waals surface area contributed by atoms with Gasteiger partial charge in [0.1, 0.15) is 0 Å². The first-order valence-electron chi connectivity index (χ1n) is 7.58. The Morgan fingerprint density at radius 2 is 2.05 bits per heavy atom. The highest BCUT2D eigenvalue weighted by molar-refractivity contribution is 7.89. The Balaban J connectivity index is 1.79. The minimum absolute atomic E-state index is 0.0640. The van der Waals surface area contributed by atoms with Crippen molar-refractivity contribution >= 4 is 20.8 Å². The van der Waals surface area contributed by atoms with Crippen LogP contribution in [0.3, 0.4) is 0 Å². The van der Waals surface area contributed by atoms with E-state index in [9.17, 15) is 13.5 Å². The largest absolute Gasteiger partial charge is 0.391 e. The topological polar surface area (TPSA) is 79.3 Å². The average molecular weight is 320 g/mol. The van der Waals surface area contributed by atoms with Gasteiger partial charge in [-0.05, 0) is 30.9 Å². The fourth-order valence-corrected chi connectivity index (χ4v) is 4.39. The summed E-state index contributed by atoms with van der Waals surface area (Å²) in [6.45, 7) is 0.0640. The number of nitrogens with zero attached hydrogens (tertiary/aromatic N) is 1. The van der Waals surface area contributed by atoms with Gasteiger partial charge in [0.05, 0.1) is 11.0 Å². The molecule has 1 aromatic carbocycles. The Morgan fingerprint density at radius 1 is 1.27 bits per heavy atom. The van der Waals surface area contributed by atoms with E-state index >= 15 is 0 Å². The maximum absolute atomic E-state index is 12.5. The third kappa shape index (κ3) is 3.14. The number of benzene rings is 1. The number of hydrogen-bond acceptors (Lipinski definition) is 4. The molecule has 22 heavy (non-hydrogen) atoms. The zero-order valence-electron chi connectivity index (χ0n) is 12.3. The van der Waals surface area contributed by atoms with E-state index in [1.165, 1.54) is 0 Å². The van der Waals surface area contributed by atoms with E-state index in [4.69, 9.17) is 0 Å². The second-order valence-corrected chi connectivity index (χ2v) is 7.55. The number of aromatic nitrogens is 1. The molecule has 0 amide bonds. The van der Waals surface area contributed by atoms with Crippen LogP contribution in [0.2, 0.25) is 0 Å². The van der Waals surface area contributed by atoms with Gasteiger partial charge in [0.2, 0.25) is 10.0 Å². The molecule has 2 N–H and O–H groups in total. The summed E-state index contributed by atoms with van der Waals surface area (Å²) in [5.74, 6) is 0.208. The van der Waals surface area contributed by atoms with Crippen molar-refractivity contribution in [3.05, 3.63) is 36.7 Å². The molecule has 0 radical (unpaired) electrons. The fourth-order valence-electron chi connectivity index (χ4n) is 3.11. The molecule has 3 rings (SSSR count). The smallest absolute Gasteiger partial charge is 0.241 e. The molecular formula is C16H20N2O3S. The summed E-state index contributed by atoms with van der Waals surface area (Å²) >= 11 is 0. The predicted octanol–water partition coefficient (Wildman–Crippen LogP) is 2.06. The van der Waals surface area contributed by atoms with Crippen LogP contribution >= 0.6 is 0 Å². The molecule has 1 atom stereocenters. The van der Waals surface area contributed by atoms with E-state index in [1.54, 1.807) is 30.6 Å². The summed E-state index contributed by atoms with van der Waals surface area (Å²) in [5.41, 5.74) is 0. The molecule has 0 saturated heterocycles. The number of hydrogen-bond donors (Lipinski definition) is 2. The highest BCUT2D eigenvalue weighted by Crippen LogP contribution is 2.28. The number of fused-ring (bicyclic) bond motifs is 1. The Morgan fingerprint density at radius 3 is 2.82 bits per heavy atom. The van der Waals surface area contributed by atoms with Gasteiger partial charge in [-0.25, -0.2) is 13.1 Å². The van der Waals surface area contributed by atoms with Gasteiger partial charge in [-0.15, -0.1) is 0 Å². The van der Waals surface area contributed by atoms with Crippen LogP contribution in [0.1, 0.15) is 25.7 Å². The highest BCUT2D eigenvalue weighted by atomic mass is 32.2. The summed E-state index contributed by atoms with van der Waals surface area (Å²) in [5, 5.41) is 11.6. The van der Waals surface area contributed by atoms with Gasteiger partial charge in [-0.3, -0.25) is 4.98 Å². The van der Waals surface area contributed by atoms with Crippen molar-refractivity contribution in [1.29, 1.82) is 0 Å². The Hall–Kier alpha value is -1.50. The number of aliphatic hydroxyl groups is 1. The summed E-state index contributed by atoms with van der Waals surface area (Å²) < 4.78 is 27.6. The van der Waals surface area contributed by atoms with Gasteiger partial charge >= 0.3 is 0 Å². The quantitative estimate of drug-likeness (QED) is 0.884. The summed E-state index contributed by atoms with van der Waals surface area (Å²) in [6, 6.07) is 6.80. The van der Waals surface area contributed by atoms with Gasteiger partial charge in [0, 0.05) is 29.7 Å². The van der Waals surface area contributed by atoms with Crippen LogP contribution < -0.4 is 4.72 Å². The maximum Gasteiger partial charge on any atom is 0.241 e. The third-order valence-corrected chi connectivity index (χ3v) is 5.84. The van der Waals surface area contributed by atoms with Crippen LogP contribution in [0.15, 0.2) is 41.6 Å². The fraction of sp³-hybridized carbons (Fsp3) is 0.438. The van der Waals surface area contributed by atoms with Crippen molar-refractivity contribution in [2.24, 2.45) is 5.92 Å². The van der Waals surface area contributed by atoms with Crippen molar-refractivity contribution in [3.63, 3.8) is 0 Å². The molecule has 0 aliphatic heterocycles. The minimum Gasteiger partial charge on any atom is -0.391 e. The van der Waals surface area contributed by atoms with Crippen LogP contribution in [-0.2, 0) is 10.0 Å². The van der Waals surface area contributed by atoms with Crippen LogP contribution in [0.4, 0.5) is 0 Å². The maximum atomic E-state index is 12.5. The van der Waals surface area contributed by atoms with Crippen LogP contribution in [-0.4, -0.2) is 31.2 Å². The van der Waals surface area contributed by atoms with Crippen molar-refractivity contribution in [3.8, 4) is 0 Å². The first kappa shape index (κ1) is 15.4. The number of aliphatic hydroxyl groups excluding tert-OH is 1. The zero-order chi connectivity index (χ0) is 15.6. The van der Waals surface area contributed by atoms with Gasteiger partial charge in [-0.1, -0.05) is 25.0 Å². The van der Waals surface area contributed by atoms with E-state index in [0.29, 0.717) is 5.39 Å². The van der Waals surface area contributed by atoms with E-state index in [-0.39, 0.29) is 17.4 Å². The molecule has 5 nitrogen and oxygen atoms in total. The van der Waals surface area contributed by atoms with E-state index in [0.717, 1.165) is 31.1 Å². The van der Waals surface area contributed by atoms with Crippen molar-refractivity contribution in [2.75, 3.05) is 6.54 Å². The summed E-state index contributed by atoms with van der Waals surface area (Å²) in [6.07, 6.45) is 6.78. The van der Waals surface area contributed by atoms with Crippen molar-refractivity contribution in [1.82, 2.24) is 9.71 Å². The number of sulfonamides is 1. The summed E-state index contributed by atoms with van der Waals surface area (Å²) in [4.78, 5) is 4.24. The molecule has 0 spiro atoms. The van der Waals surface area contributed by atoms with Crippen LogP contribution in [0, 0.1) is 5.92 Å². The highest BCUT2D eigenvalue weighted by Gasteiger charge is 2.25. The SMILES string of the molecule is O=S(=O)(NCC(O)C1CCCC1)c1cccc2cnccc12. The zero-order valence-corrected chi connectivity index (χ0v) is 13.1. The molecule has 1 heterocycles. The minimum atomic E-state index is -3.65. The monoisotopic (exact) mass is 320 g/mol. The molecule has 1 aromatic heterocycles. The van der Waals surface area contributed by atoms with Crippen LogP contribution in [0.25, 0.3) is 10.8 Å². The van der Waals surface area contributed by atoms with Crippen molar-refractivity contribution in [2.45, 2.75) is 36.7 Å². The molecule has 6 heteroatoms. The predicted molar refractivity (Wildman–Crippen MR) is 84.9 cm³/mol. The van der Waals surface area contributed by atoms with E-state index < -0.39 is 16.1 Å². The van der Waals surface area contributed by atoms with E-state index in [2.05, 4.69) is 9.71 Å². The molecule has 1 fully saturated rings. The second-order valence-electron chi connectivity index (χ2n) is 5.82. The first-order valence-corrected chi connectivity index (χ1v) is 9.07. The lowest BCUT2D eigenvalue weighted by atomic mass is 10.0. The van der Waals surface area contributed by atoms with E-state index in [1.807, 2.05) is 6.07 Å². The number of rotatable bonds is 5. The first-order chi connectivity index (χ1) is 10.6. The Kier molecular flexibility index (Phi) is 4.42. The summed E-state index contributed by atoms with van der Waals surface area (Å²) in [7, 11) is -3.65. The number of pyridine rings is 1. The third-order valence-electron chi connectivity index (χ3n) is 4.36. The Labute approximate surface area is 130 Å². The Bertz CT molecular complexity index is 750. The van der Waals surface area contributed by atoms with Crippen molar-refractivity contribution < 1.29 is 13.5 Å². The molecular weight excluding hydrogens is 300 g/mol.